The second-order valence-corrected chi connectivity index (χ2v) is 5.12. The molecule has 0 heterocycles. The first-order valence-corrected chi connectivity index (χ1v) is 7.22. The van der Waals surface area contributed by atoms with Crippen molar-refractivity contribution in [3.05, 3.63) is 29.8 Å². The van der Waals surface area contributed by atoms with Crippen molar-refractivity contribution < 1.29 is 29.2 Å². The lowest BCUT2D eigenvalue weighted by Crippen LogP contribution is -2.36. The lowest BCUT2D eigenvalue weighted by atomic mass is 9.96. The zero-order valence-electron chi connectivity index (χ0n) is 13.1. The summed E-state index contributed by atoms with van der Waals surface area (Å²) in [5, 5.41) is 17.3. The number of benzene rings is 1. The van der Waals surface area contributed by atoms with Crippen LogP contribution in [0.5, 0.6) is 5.75 Å². The molecule has 0 unspecified atom stereocenters. The van der Waals surface area contributed by atoms with E-state index in [1.165, 1.54) is 0 Å². The molecule has 28 heavy (non-hydrogen) atoms. The number of carbonyl (C=O) groups is 1. The molecule has 0 radical (unpaired) electrons. The number of carbonyl (C=O) groups excluding carboxylic acids is 1. The maximum Gasteiger partial charge on any atom is 0.194 e. The Balaban J connectivity index is -0.000000202. The SMILES string of the molecule is C.C.C.C.C.C.CC(C)(OCCO)C(=O)c1ccc(OCCOCCO)cc1. The van der Waals surface area contributed by atoms with Crippen LogP contribution in [-0.4, -0.2) is 61.2 Å². The summed E-state index contributed by atoms with van der Waals surface area (Å²) in [6.45, 7) is 4.39. The molecule has 0 saturated carbocycles. The summed E-state index contributed by atoms with van der Waals surface area (Å²) in [5.41, 5.74) is -0.463. The van der Waals surface area contributed by atoms with Crippen LogP contribution in [0.3, 0.4) is 0 Å². The fourth-order valence-electron chi connectivity index (χ4n) is 1.80. The van der Waals surface area contributed by atoms with Crippen LogP contribution in [0.15, 0.2) is 24.3 Å². The van der Waals surface area contributed by atoms with Gasteiger partial charge in [0, 0.05) is 5.56 Å². The highest BCUT2D eigenvalue weighted by Crippen LogP contribution is 2.19. The van der Waals surface area contributed by atoms with Crippen LogP contribution >= 0.6 is 0 Å². The number of rotatable bonds is 11. The maximum absolute atomic E-state index is 12.3. The molecule has 0 aliphatic rings. The largest absolute Gasteiger partial charge is 0.491 e. The van der Waals surface area contributed by atoms with E-state index in [0.717, 1.165) is 0 Å². The first kappa shape index (κ1) is 41.0. The lowest BCUT2D eigenvalue weighted by molar-refractivity contribution is -0.0174. The smallest absolute Gasteiger partial charge is 0.194 e. The Kier molecular flexibility index (Phi) is 32.0. The number of aliphatic hydroxyl groups is 2. The summed E-state index contributed by atoms with van der Waals surface area (Å²) in [4.78, 5) is 12.3. The minimum atomic E-state index is -0.983. The highest BCUT2D eigenvalue weighted by Gasteiger charge is 2.29. The second-order valence-electron chi connectivity index (χ2n) is 5.12. The molecule has 0 saturated heterocycles. The predicted octanol–water partition coefficient (Wildman–Crippen LogP) is 4.86. The summed E-state index contributed by atoms with van der Waals surface area (Å²) in [6.07, 6.45) is 0. The van der Waals surface area contributed by atoms with Crippen LogP contribution in [0, 0.1) is 0 Å². The Morgan fingerprint density at radius 3 is 1.79 bits per heavy atom. The number of ketones is 1. The van der Waals surface area contributed by atoms with Crippen LogP contribution < -0.4 is 4.74 Å². The molecule has 0 spiro atoms. The van der Waals surface area contributed by atoms with Gasteiger partial charge in [-0.3, -0.25) is 4.79 Å². The topological polar surface area (TPSA) is 85.2 Å². The Morgan fingerprint density at radius 1 is 0.821 bits per heavy atom. The summed E-state index contributed by atoms with van der Waals surface area (Å²) < 4.78 is 15.9. The number of hydrogen-bond acceptors (Lipinski definition) is 6. The van der Waals surface area contributed by atoms with Gasteiger partial charge < -0.3 is 24.4 Å². The van der Waals surface area contributed by atoms with Gasteiger partial charge in [-0.15, -0.1) is 0 Å². The van der Waals surface area contributed by atoms with Gasteiger partial charge in [-0.1, -0.05) is 44.6 Å². The third kappa shape index (κ3) is 14.6. The minimum Gasteiger partial charge on any atom is -0.491 e. The molecule has 6 heteroatoms. The average Bonchev–Trinajstić information content (AvgIpc) is 2.52. The van der Waals surface area contributed by atoms with Crippen LogP contribution in [0.1, 0.15) is 68.8 Å². The molecule has 0 aromatic heterocycles. The van der Waals surface area contributed by atoms with E-state index in [1.54, 1.807) is 38.1 Å². The predicted molar refractivity (Wildman–Crippen MR) is 122 cm³/mol. The molecule has 0 atom stereocenters. The first-order chi connectivity index (χ1) is 10.5. The van der Waals surface area contributed by atoms with Gasteiger partial charge in [-0.2, -0.15) is 0 Å². The van der Waals surface area contributed by atoms with Gasteiger partial charge in [-0.05, 0) is 38.1 Å². The van der Waals surface area contributed by atoms with E-state index in [2.05, 4.69) is 0 Å². The van der Waals surface area contributed by atoms with Gasteiger partial charge in [0.05, 0.1) is 33.0 Å². The van der Waals surface area contributed by atoms with E-state index < -0.39 is 5.60 Å². The van der Waals surface area contributed by atoms with E-state index in [9.17, 15) is 4.79 Å². The Labute approximate surface area is 174 Å². The van der Waals surface area contributed by atoms with E-state index in [0.29, 0.717) is 31.1 Å². The van der Waals surface area contributed by atoms with E-state index in [1.807, 2.05) is 0 Å². The number of Topliss-reactive ketones (excluding diaryl/α,β-unsaturated/α-hetero) is 1. The number of aliphatic hydroxyl groups excluding tert-OH is 2. The zero-order valence-corrected chi connectivity index (χ0v) is 13.1. The summed E-state index contributed by atoms with van der Waals surface area (Å²) in [6, 6.07) is 6.77. The van der Waals surface area contributed by atoms with Crippen molar-refractivity contribution in [2.45, 2.75) is 64.0 Å². The van der Waals surface area contributed by atoms with Crippen molar-refractivity contribution in [1.82, 2.24) is 0 Å². The maximum atomic E-state index is 12.3. The molecule has 172 valence electrons. The van der Waals surface area contributed by atoms with Crippen molar-refractivity contribution in [3.8, 4) is 5.75 Å². The summed E-state index contributed by atoms with van der Waals surface area (Å²) in [5.74, 6) is 0.483. The molecule has 2 N–H and O–H groups in total. The average molecular weight is 409 g/mol. The van der Waals surface area contributed by atoms with Gasteiger partial charge in [0.15, 0.2) is 5.78 Å². The van der Waals surface area contributed by atoms with Crippen molar-refractivity contribution in [2.75, 3.05) is 39.6 Å². The summed E-state index contributed by atoms with van der Waals surface area (Å²) >= 11 is 0. The first-order valence-electron chi connectivity index (χ1n) is 7.22. The van der Waals surface area contributed by atoms with Crippen molar-refractivity contribution in [2.24, 2.45) is 0 Å². The van der Waals surface area contributed by atoms with Crippen LogP contribution in [-0.2, 0) is 9.47 Å². The third-order valence-corrected chi connectivity index (χ3v) is 2.95. The number of ether oxygens (including phenoxy) is 3. The highest BCUT2D eigenvalue weighted by atomic mass is 16.5. The quantitative estimate of drug-likeness (QED) is 0.402. The van der Waals surface area contributed by atoms with Crippen LogP contribution in [0.4, 0.5) is 0 Å². The molecule has 0 amide bonds. The lowest BCUT2D eigenvalue weighted by Gasteiger charge is -2.23. The Morgan fingerprint density at radius 2 is 1.32 bits per heavy atom. The van der Waals surface area contributed by atoms with Gasteiger partial charge in [0.1, 0.15) is 18.0 Å². The van der Waals surface area contributed by atoms with E-state index in [-0.39, 0.29) is 70.2 Å². The van der Waals surface area contributed by atoms with E-state index in [4.69, 9.17) is 24.4 Å². The summed E-state index contributed by atoms with van der Waals surface area (Å²) in [7, 11) is 0. The number of hydrogen-bond donors (Lipinski definition) is 2. The van der Waals surface area contributed by atoms with Gasteiger partial charge >= 0.3 is 0 Å². The minimum absolute atomic E-state index is 0. The molecule has 0 fully saturated rings. The Bertz CT molecular complexity index is 443. The second kappa shape index (κ2) is 21.8. The molecule has 0 aliphatic carbocycles. The zero-order chi connectivity index (χ0) is 16.4. The molecular weight excluding hydrogens is 360 g/mol. The molecule has 1 aromatic carbocycles. The van der Waals surface area contributed by atoms with Crippen molar-refractivity contribution in [1.29, 1.82) is 0 Å². The van der Waals surface area contributed by atoms with Crippen LogP contribution in [0.2, 0.25) is 0 Å². The van der Waals surface area contributed by atoms with Crippen molar-refractivity contribution in [3.63, 3.8) is 0 Å². The fraction of sp³-hybridized carbons (Fsp3) is 0.682. The molecule has 1 rings (SSSR count). The van der Waals surface area contributed by atoms with Gasteiger partial charge in [-0.25, -0.2) is 0 Å². The molecular formula is C22H48O6. The molecule has 0 aliphatic heterocycles. The highest BCUT2D eigenvalue weighted by molar-refractivity contribution is 6.02. The normalized spacial score (nSPS) is 9.00. The Hall–Kier alpha value is -1.47. The monoisotopic (exact) mass is 408 g/mol. The third-order valence-electron chi connectivity index (χ3n) is 2.95. The standard InChI is InChI=1S/C16H24O6.6CH4/c1-16(2,22-10-8-18)15(19)13-3-5-14(6-4-13)21-12-11-20-9-7-17;;;;;;/h3-6,17-18H,7-12H2,1-2H3;6*1H4. The molecule has 6 nitrogen and oxygen atoms in total. The van der Waals surface area contributed by atoms with Gasteiger partial charge in [0.25, 0.3) is 0 Å². The van der Waals surface area contributed by atoms with E-state index >= 15 is 0 Å². The fourth-order valence-corrected chi connectivity index (χ4v) is 1.80. The molecule has 0 bridgehead atoms. The molecule has 1 aromatic rings. The van der Waals surface area contributed by atoms with Gasteiger partial charge in [0.2, 0.25) is 0 Å². The van der Waals surface area contributed by atoms with Crippen LogP contribution in [0.25, 0.3) is 0 Å². The van der Waals surface area contributed by atoms with Crippen molar-refractivity contribution >= 4 is 5.78 Å².